The van der Waals surface area contributed by atoms with Crippen molar-refractivity contribution in [3.8, 4) is 0 Å². The molecule has 0 aliphatic carbocycles. The Morgan fingerprint density at radius 3 is 0.825 bits per heavy atom. The van der Waals surface area contributed by atoms with E-state index in [1.54, 1.807) is 0 Å². The van der Waals surface area contributed by atoms with E-state index in [4.69, 9.17) is 18.9 Å². The average molecular weight is 1440 g/mol. The van der Waals surface area contributed by atoms with E-state index in [0.717, 1.165) is 83.5 Å². The van der Waals surface area contributed by atoms with Crippen molar-refractivity contribution in [2.45, 2.75) is 437 Å². The van der Waals surface area contributed by atoms with Crippen LogP contribution in [0.3, 0.4) is 0 Å². The van der Waals surface area contributed by atoms with Gasteiger partial charge in [0.1, 0.15) is 13.2 Å². The number of ether oxygens (including phenoxy) is 4. The van der Waals surface area contributed by atoms with E-state index in [1.165, 1.54) is 315 Å². The summed E-state index contributed by atoms with van der Waals surface area (Å²) in [4.78, 5) is 37.8. The SMILES string of the molecule is CC/C=C\C/C=C\C/C=C\C/C=C\C/C=C\CCCCCCCCCCCCCCCCCCCCCCCCCC(=O)OC(COC(=O)CCCCCCCCCCCCCCCCCCCCCCCCCC/C=C\C/C=C\C/C=C\CCCCCCC)COC(OCC[N+](C)(C)C)C(=O)O. The highest BCUT2D eigenvalue weighted by Gasteiger charge is 2.25. The van der Waals surface area contributed by atoms with Crippen LogP contribution in [-0.2, 0) is 33.3 Å². The first-order chi connectivity index (χ1) is 50.6. The molecule has 103 heavy (non-hydrogen) atoms. The van der Waals surface area contributed by atoms with Crippen LogP contribution in [0.15, 0.2) is 97.2 Å². The zero-order valence-corrected chi connectivity index (χ0v) is 68.7. The van der Waals surface area contributed by atoms with E-state index in [0.29, 0.717) is 17.4 Å². The number of carboxylic acid groups (broad SMARTS) is 1. The summed E-state index contributed by atoms with van der Waals surface area (Å²) in [6.45, 7) is 4.82. The zero-order chi connectivity index (χ0) is 74.6. The van der Waals surface area contributed by atoms with Gasteiger partial charge in [-0.15, -0.1) is 0 Å². The summed E-state index contributed by atoms with van der Waals surface area (Å²) in [5.74, 6) is -1.97. The quantitative estimate of drug-likeness (QED) is 0.0211. The van der Waals surface area contributed by atoms with Crippen molar-refractivity contribution in [3.63, 3.8) is 0 Å². The fourth-order valence-electron chi connectivity index (χ4n) is 13.1. The number of rotatable bonds is 83. The molecule has 2 unspecified atom stereocenters. The van der Waals surface area contributed by atoms with E-state index in [2.05, 4.69) is 111 Å². The molecule has 0 rings (SSSR count). The number of carbonyl (C=O) groups is 3. The van der Waals surface area contributed by atoms with E-state index in [-0.39, 0.29) is 38.2 Å². The monoisotopic (exact) mass is 1440 g/mol. The number of unbranched alkanes of at least 4 members (excludes halogenated alkanes) is 52. The maximum atomic E-state index is 13.0. The maximum absolute atomic E-state index is 13.0. The zero-order valence-electron chi connectivity index (χ0n) is 68.7. The second kappa shape index (κ2) is 83.8. The highest BCUT2D eigenvalue weighted by Crippen LogP contribution is 2.20. The minimum atomic E-state index is -1.51. The number of esters is 2. The van der Waals surface area contributed by atoms with E-state index >= 15 is 0 Å². The first-order valence-electron chi connectivity index (χ1n) is 44.4. The molecule has 0 spiro atoms. The number of quaternary nitrogens is 1. The van der Waals surface area contributed by atoms with Crippen LogP contribution in [0, 0.1) is 0 Å². The third-order valence-corrected chi connectivity index (χ3v) is 19.8. The Balaban J connectivity index is 3.92. The van der Waals surface area contributed by atoms with Gasteiger partial charge in [0.25, 0.3) is 6.29 Å². The lowest BCUT2D eigenvalue weighted by Gasteiger charge is -2.25. The summed E-state index contributed by atoms with van der Waals surface area (Å²) in [6.07, 6.45) is 115. The third kappa shape index (κ3) is 85.3. The van der Waals surface area contributed by atoms with Crippen molar-refractivity contribution in [2.24, 2.45) is 0 Å². The normalized spacial score (nSPS) is 13.1. The molecule has 0 aliphatic heterocycles. The molecule has 0 fully saturated rings. The lowest BCUT2D eigenvalue weighted by molar-refractivity contribution is -0.870. The molecule has 0 heterocycles. The molecule has 0 saturated carbocycles. The van der Waals surface area contributed by atoms with Crippen LogP contribution in [0.1, 0.15) is 425 Å². The standard InChI is InChI=1S/C94H169NO8/c1-6-8-10-12-14-16-18-20-22-24-26-28-30-32-34-36-38-40-42-44-46-48-50-52-54-56-58-60-62-64-66-68-70-72-74-76-78-80-82-84-91(96)101-88-90(89-102-94(93(98)99)100-87-86-95(3,4)5)103-92(97)85-83-81-79-77-75-73-71-69-67-65-63-61-59-57-55-53-51-49-47-45-43-41-39-37-35-33-31-29-27-25-23-21-19-17-15-13-11-9-7-2/h9,11,15,17-18,20-21,23-24,26-27,29-30,32-33,35,90,94H,6-8,10,12-14,16,19,22,25,28,31,34,36-89H2,1-5H3/p+1/b11-9-,17-15-,20-18-,23-21-,26-24-,29-27-,32-30-,35-33-. The third-order valence-electron chi connectivity index (χ3n) is 19.8. The molecule has 0 radical (unpaired) electrons. The Hall–Kier alpha value is -3.79. The van der Waals surface area contributed by atoms with Gasteiger partial charge in [-0.1, -0.05) is 413 Å². The lowest BCUT2D eigenvalue weighted by atomic mass is 10.0. The molecule has 1 N–H and O–H groups in total. The Morgan fingerprint density at radius 2 is 0.553 bits per heavy atom. The number of likely N-dealkylation sites (N-methyl/N-ethyl adjacent to an activating group) is 1. The molecule has 0 aromatic heterocycles. The van der Waals surface area contributed by atoms with Crippen molar-refractivity contribution < 1.29 is 42.9 Å². The highest BCUT2D eigenvalue weighted by molar-refractivity contribution is 5.71. The van der Waals surface area contributed by atoms with E-state index in [9.17, 15) is 19.5 Å². The first-order valence-corrected chi connectivity index (χ1v) is 44.4. The molecule has 2 atom stereocenters. The largest absolute Gasteiger partial charge is 0.477 e. The summed E-state index contributed by atoms with van der Waals surface area (Å²) in [6, 6.07) is 0. The second-order valence-electron chi connectivity index (χ2n) is 31.2. The van der Waals surface area contributed by atoms with Gasteiger partial charge < -0.3 is 28.5 Å². The van der Waals surface area contributed by atoms with Crippen LogP contribution in [0.25, 0.3) is 0 Å². The van der Waals surface area contributed by atoms with Crippen LogP contribution in [-0.4, -0.2) is 87.4 Å². The molecule has 0 aromatic carbocycles. The van der Waals surface area contributed by atoms with Crippen molar-refractivity contribution in [1.82, 2.24) is 0 Å². The van der Waals surface area contributed by atoms with E-state index in [1.807, 2.05) is 21.1 Å². The van der Waals surface area contributed by atoms with Crippen molar-refractivity contribution in [2.75, 3.05) is 47.5 Å². The van der Waals surface area contributed by atoms with Gasteiger partial charge in [0, 0.05) is 12.8 Å². The van der Waals surface area contributed by atoms with Crippen molar-refractivity contribution in [1.29, 1.82) is 0 Å². The highest BCUT2D eigenvalue weighted by atomic mass is 16.7. The molecular formula is C94H170NO8+. The molecule has 9 heteroatoms. The summed E-state index contributed by atoms with van der Waals surface area (Å²) < 4.78 is 23.1. The maximum Gasteiger partial charge on any atom is 0.361 e. The second-order valence-corrected chi connectivity index (χ2v) is 31.2. The topological polar surface area (TPSA) is 108 Å². The first kappa shape index (κ1) is 99.2. The van der Waals surface area contributed by atoms with Crippen LogP contribution in [0.2, 0.25) is 0 Å². The van der Waals surface area contributed by atoms with E-state index < -0.39 is 18.4 Å². The summed E-state index contributed by atoms with van der Waals surface area (Å²) in [5, 5.41) is 9.79. The van der Waals surface area contributed by atoms with Crippen LogP contribution >= 0.6 is 0 Å². The number of hydrogen-bond acceptors (Lipinski definition) is 7. The lowest BCUT2D eigenvalue weighted by Crippen LogP contribution is -2.40. The Bertz CT molecular complexity index is 2030. The van der Waals surface area contributed by atoms with Crippen molar-refractivity contribution in [3.05, 3.63) is 97.2 Å². The number of hydrogen-bond donors (Lipinski definition) is 1. The number of allylic oxidation sites excluding steroid dienone is 16. The van der Waals surface area contributed by atoms with Gasteiger partial charge in [0.2, 0.25) is 0 Å². The number of carbonyl (C=O) groups excluding carboxylic acids is 2. The van der Waals surface area contributed by atoms with Crippen LogP contribution < -0.4 is 0 Å². The van der Waals surface area contributed by atoms with Crippen LogP contribution in [0.5, 0.6) is 0 Å². The number of nitrogens with zero attached hydrogens (tertiary/aromatic N) is 1. The summed E-state index contributed by atoms with van der Waals surface area (Å²) >= 11 is 0. The number of carboxylic acids is 1. The smallest absolute Gasteiger partial charge is 0.361 e. The van der Waals surface area contributed by atoms with Crippen LogP contribution in [0.4, 0.5) is 0 Å². The van der Waals surface area contributed by atoms with Gasteiger partial charge in [-0.25, -0.2) is 4.79 Å². The molecule has 598 valence electrons. The Labute approximate surface area is 639 Å². The Morgan fingerprint density at radius 1 is 0.301 bits per heavy atom. The fraction of sp³-hybridized carbons (Fsp3) is 0.798. The van der Waals surface area contributed by atoms with Gasteiger partial charge in [-0.3, -0.25) is 9.59 Å². The predicted molar refractivity (Wildman–Crippen MR) is 447 cm³/mol. The molecule has 0 aromatic rings. The molecule has 9 nitrogen and oxygen atoms in total. The van der Waals surface area contributed by atoms with Gasteiger partial charge in [-0.2, -0.15) is 0 Å². The summed E-state index contributed by atoms with van der Waals surface area (Å²) in [7, 11) is 6.00. The molecular weight excluding hydrogens is 1270 g/mol. The fourth-order valence-corrected chi connectivity index (χ4v) is 13.1. The average Bonchev–Trinajstić information content (AvgIpc) is 0.985. The van der Waals surface area contributed by atoms with Gasteiger partial charge in [0.05, 0.1) is 34.4 Å². The molecule has 0 bridgehead atoms. The van der Waals surface area contributed by atoms with Gasteiger partial charge >= 0.3 is 17.9 Å². The minimum absolute atomic E-state index is 0.178. The van der Waals surface area contributed by atoms with Gasteiger partial charge in [-0.05, 0) is 96.3 Å². The number of aliphatic carboxylic acids is 1. The molecule has 0 saturated heterocycles. The summed E-state index contributed by atoms with van der Waals surface area (Å²) in [5.41, 5.74) is 0. The predicted octanol–water partition coefficient (Wildman–Crippen LogP) is 29.0. The minimum Gasteiger partial charge on any atom is -0.477 e. The Kier molecular flexibility index (Phi) is 80.8. The molecule has 0 amide bonds. The van der Waals surface area contributed by atoms with Gasteiger partial charge in [0.15, 0.2) is 6.10 Å². The van der Waals surface area contributed by atoms with Crippen molar-refractivity contribution >= 4 is 17.9 Å². The molecule has 0 aliphatic rings.